The van der Waals surface area contributed by atoms with Crippen molar-refractivity contribution in [3.63, 3.8) is 0 Å². The van der Waals surface area contributed by atoms with Crippen LogP contribution in [0.2, 0.25) is 0 Å². The fourth-order valence-corrected chi connectivity index (χ4v) is 2.62. The number of carbonyl (C=O) groups is 1. The molecule has 2 atom stereocenters. The molecule has 1 rings (SSSR count). The largest absolute Gasteiger partial charge is 0.339 e. The first-order valence-corrected chi connectivity index (χ1v) is 7.60. The topological polar surface area (TPSA) is 49.4 Å². The van der Waals surface area contributed by atoms with Gasteiger partial charge in [0.05, 0.1) is 6.54 Å². The predicted molar refractivity (Wildman–Crippen MR) is 66.8 cm³/mol. The van der Waals surface area contributed by atoms with Crippen LogP contribution in [0.1, 0.15) is 26.7 Å². The summed E-state index contributed by atoms with van der Waals surface area (Å²) in [5, 5.41) is 3.13. The lowest BCUT2D eigenvalue weighted by Gasteiger charge is -2.21. The van der Waals surface area contributed by atoms with Crippen molar-refractivity contribution in [2.75, 3.05) is 25.1 Å². The Morgan fingerprint density at radius 3 is 2.62 bits per heavy atom. The normalized spacial score (nSPS) is 19.2. The molecule has 1 fully saturated rings. The molecule has 16 heavy (non-hydrogen) atoms. The molecular formula is C11H22N2O2S. The van der Waals surface area contributed by atoms with Crippen molar-refractivity contribution in [2.24, 2.45) is 0 Å². The zero-order valence-corrected chi connectivity index (χ0v) is 11.2. The van der Waals surface area contributed by atoms with Crippen LogP contribution < -0.4 is 5.32 Å². The second-order valence-corrected chi connectivity index (χ2v) is 5.91. The lowest BCUT2D eigenvalue weighted by Crippen LogP contribution is -2.43. The van der Waals surface area contributed by atoms with E-state index in [0.29, 0.717) is 18.3 Å². The highest BCUT2D eigenvalue weighted by Crippen LogP contribution is 2.26. The van der Waals surface area contributed by atoms with Crippen LogP contribution in [-0.4, -0.2) is 52.2 Å². The molecule has 0 radical (unpaired) electrons. The lowest BCUT2D eigenvalue weighted by atomic mass is 10.3. The van der Waals surface area contributed by atoms with E-state index in [1.807, 2.05) is 18.7 Å². The summed E-state index contributed by atoms with van der Waals surface area (Å²) < 4.78 is 11.0. The van der Waals surface area contributed by atoms with Gasteiger partial charge in [0.15, 0.2) is 0 Å². The van der Waals surface area contributed by atoms with Gasteiger partial charge in [-0.1, -0.05) is 0 Å². The Morgan fingerprint density at radius 1 is 1.56 bits per heavy atom. The van der Waals surface area contributed by atoms with Crippen LogP contribution in [0.5, 0.6) is 0 Å². The number of nitrogens with one attached hydrogen (secondary N) is 1. The van der Waals surface area contributed by atoms with Crippen LogP contribution in [0.3, 0.4) is 0 Å². The quantitative estimate of drug-likeness (QED) is 0.705. The summed E-state index contributed by atoms with van der Waals surface area (Å²) in [5.41, 5.74) is 0. The summed E-state index contributed by atoms with van der Waals surface area (Å²) in [6.45, 7) is 5.13. The minimum absolute atomic E-state index is 0.132. The standard InChI is InChI=1S/C11H22N2O2S/c1-4-13(10-5-6-10)11(14)7-12-9(2)8-16(3)15/h9-10,12H,4-8H2,1-3H3. The third-order valence-electron chi connectivity index (χ3n) is 2.74. The van der Waals surface area contributed by atoms with Crippen molar-refractivity contribution in [3.8, 4) is 0 Å². The van der Waals surface area contributed by atoms with Gasteiger partial charge >= 0.3 is 0 Å². The van der Waals surface area contributed by atoms with E-state index >= 15 is 0 Å². The van der Waals surface area contributed by atoms with Crippen molar-refractivity contribution in [2.45, 2.75) is 38.8 Å². The Morgan fingerprint density at radius 2 is 2.19 bits per heavy atom. The summed E-state index contributed by atoms with van der Waals surface area (Å²) in [5.74, 6) is 0.766. The van der Waals surface area contributed by atoms with Gasteiger partial charge in [0, 0.05) is 41.4 Å². The molecule has 0 heterocycles. The molecular weight excluding hydrogens is 224 g/mol. The van der Waals surface area contributed by atoms with Gasteiger partial charge in [-0.2, -0.15) is 0 Å². The zero-order chi connectivity index (χ0) is 12.1. The van der Waals surface area contributed by atoms with E-state index in [2.05, 4.69) is 5.32 Å². The molecule has 1 N–H and O–H groups in total. The van der Waals surface area contributed by atoms with Gasteiger partial charge in [-0.25, -0.2) is 0 Å². The van der Waals surface area contributed by atoms with Gasteiger partial charge in [0.25, 0.3) is 0 Å². The van der Waals surface area contributed by atoms with Crippen molar-refractivity contribution < 1.29 is 9.00 Å². The highest BCUT2D eigenvalue weighted by atomic mass is 32.2. The molecule has 0 bridgehead atoms. The Balaban J connectivity index is 2.25. The SMILES string of the molecule is CCN(C(=O)CNC(C)CS(C)=O)C1CC1. The van der Waals surface area contributed by atoms with Gasteiger partial charge < -0.3 is 10.2 Å². The molecule has 1 amide bonds. The molecule has 0 aromatic carbocycles. The average molecular weight is 246 g/mol. The molecule has 94 valence electrons. The smallest absolute Gasteiger partial charge is 0.236 e. The molecule has 0 aliphatic heterocycles. The van der Waals surface area contributed by atoms with E-state index in [1.54, 1.807) is 6.26 Å². The van der Waals surface area contributed by atoms with Crippen molar-refractivity contribution in [1.82, 2.24) is 10.2 Å². The molecule has 1 aliphatic carbocycles. The molecule has 0 saturated heterocycles. The summed E-state index contributed by atoms with van der Waals surface area (Å²) in [6.07, 6.45) is 3.98. The molecule has 5 heteroatoms. The predicted octanol–water partition coefficient (Wildman–Crippen LogP) is 0.354. The monoisotopic (exact) mass is 246 g/mol. The maximum atomic E-state index is 11.8. The molecule has 0 aromatic heterocycles. The maximum Gasteiger partial charge on any atom is 0.236 e. The van der Waals surface area contributed by atoms with Crippen molar-refractivity contribution in [1.29, 1.82) is 0 Å². The highest BCUT2D eigenvalue weighted by Gasteiger charge is 2.30. The van der Waals surface area contributed by atoms with Gasteiger partial charge in [-0.15, -0.1) is 0 Å². The second-order valence-electron chi connectivity index (χ2n) is 4.43. The Kier molecular flexibility index (Phi) is 5.41. The molecule has 0 spiro atoms. The number of nitrogens with zero attached hydrogens (tertiary/aromatic N) is 1. The van der Waals surface area contributed by atoms with E-state index < -0.39 is 10.8 Å². The second kappa shape index (κ2) is 6.35. The van der Waals surface area contributed by atoms with Gasteiger partial charge in [0.1, 0.15) is 0 Å². The third kappa shape index (κ3) is 4.61. The number of hydrogen-bond donors (Lipinski definition) is 1. The number of carbonyl (C=O) groups excluding carboxylic acids is 1. The minimum atomic E-state index is -0.807. The molecule has 1 saturated carbocycles. The fraction of sp³-hybridized carbons (Fsp3) is 0.909. The molecule has 2 unspecified atom stereocenters. The Labute approximate surface area is 100 Å². The lowest BCUT2D eigenvalue weighted by molar-refractivity contribution is -0.130. The number of hydrogen-bond acceptors (Lipinski definition) is 3. The number of likely N-dealkylation sites (N-methyl/N-ethyl adjacent to an activating group) is 1. The Hall–Kier alpha value is -0.420. The fourth-order valence-electron chi connectivity index (χ4n) is 1.80. The first-order valence-electron chi connectivity index (χ1n) is 5.87. The molecule has 1 aliphatic rings. The van der Waals surface area contributed by atoms with Gasteiger partial charge in [-0.3, -0.25) is 9.00 Å². The average Bonchev–Trinajstić information content (AvgIpc) is 2.99. The summed E-state index contributed by atoms with van der Waals surface area (Å²) in [7, 11) is -0.807. The number of amides is 1. The van der Waals surface area contributed by atoms with Crippen LogP contribution in [-0.2, 0) is 15.6 Å². The van der Waals surface area contributed by atoms with E-state index in [-0.39, 0.29) is 11.9 Å². The van der Waals surface area contributed by atoms with E-state index in [9.17, 15) is 9.00 Å². The molecule has 0 aromatic rings. The summed E-state index contributed by atoms with van der Waals surface area (Å²) in [6, 6.07) is 0.614. The van der Waals surface area contributed by atoms with Crippen LogP contribution in [0.4, 0.5) is 0 Å². The summed E-state index contributed by atoms with van der Waals surface area (Å²) in [4.78, 5) is 13.8. The van der Waals surface area contributed by atoms with Gasteiger partial charge in [-0.05, 0) is 26.7 Å². The van der Waals surface area contributed by atoms with Crippen LogP contribution in [0.25, 0.3) is 0 Å². The van der Waals surface area contributed by atoms with E-state index in [1.165, 1.54) is 0 Å². The maximum absolute atomic E-state index is 11.8. The van der Waals surface area contributed by atoms with Crippen LogP contribution in [0.15, 0.2) is 0 Å². The summed E-state index contributed by atoms with van der Waals surface area (Å²) >= 11 is 0. The first kappa shape index (κ1) is 13.6. The Bertz CT molecular complexity index is 267. The van der Waals surface area contributed by atoms with Crippen molar-refractivity contribution >= 4 is 16.7 Å². The van der Waals surface area contributed by atoms with Crippen LogP contribution in [0, 0.1) is 0 Å². The third-order valence-corrected chi connectivity index (χ3v) is 3.70. The van der Waals surface area contributed by atoms with Gasteiger partial charge in [0.2, 0.25) is 5.91 Å². The highest BCUT2D eigenvalue weighted by molar-refractivity contribution is 7.84. The number of rotatable bonds is 7. The van der Waals surface area contributed by atoms with Crippen molar-refractivity contribution in [3.05, 3.63) is 0 Å². The molecule has 4 nitrogen and oxygen atoms in total. The van der Waals surface area contributed by atoms with Crippen LogP contribution >= 0.6 is 0 Å². The minimum Gasteiger partial charge on any atom is -0.339 e. The zero-order valence-electron chi connectivity index (χ0n) is 10.4. The first-order chi connectivity index (χ1) is 7.54. The van der Waals surface area contributed by atoms with E-state index in [0.717, 1.165) is 19.4 Å². The van der Waals surface area contributed by atoms with E-state index in [4.69, 9.17) is 0 Å².